The highest BCUT2D eigenvalue weighted by Crippen LogP contribution is 2.33. The normalized spacial score (nSPS) is 30.7. The number of hydrogen-bond donors (Lipinski definition) is 3. The lowest BCUT2D eigenvalue weighted by atomic mass is 10.1. The summed E-state index contributed by atoms with van der Waals surface area (Å²) in [5.41, 5.74) is 1.18. The minimum atomic E-state index is -1.42. The molecule has 1 fully saturated rings. The molecule has 4 atom stereocenters. The van der Waals surface area contributed by atoms with Gasteiger partial charge in [-0.2, -0.15) is 0 Å². The van der Waals surface area contributed by atoms with Crippen LogP contribution < -0.4 is 0 Å². The fourth-order valence-corrected chi connectivity index (χ4v) is 2.07. The van der Waals surface area contributed by atoms with E-state index in [0.717, 1.165) is 5.56 Å². The molecule has 1 aromatic heterocycles. The van der Waals surface area contributed by atoms with Crippen molar-refractivity contribution in [1.82, 2.24) is 5.16 Å². The summed E-state index contributed by atoms with van der Waals surface area (Å²) in [6.45, 7) is 0. The van der Waals surface area contributed by atoms with Crippen LogP contribution in [-0.4, -0.2) is 39.0 Å². The topological polar surface area (TPSA) is 96.0 Å². The van der Waals surface area contributed by atoms with E-state index in [-0.39, 0.29) is 0 Å². The van der Waals surface area contributed by atoms with Crippen molar-refractivity contribution in [1.29, 1.82) is 0 Å². The van der Waals surface area contributed by atoms with Crippen LogP contribution in [0.15, 0.2) is 40.9 Å². The van der Waals surface area contributed by atoms with Crippen LogP contribution in [0.1, 0.15) is 11.8 Å². The molecule has 6 nitrogen and oxygen atoms in total. The molecule has 0 unspecified atom stereocenters. The van der Waals surface area contributed by atoms with Gasteiger partial charge in [-0.3, -0.25) is 0 Å². The molecule has 2 aromatic rings. The second-order valence-corrected chi connectivity index (χ2v) is 4.41. The van der Waals surface area contributed by atoms with E-state index in [1.165, 1.54) is 0 Å². The number of rotatable bonds is 2. The lowest BCUT2D eigenvalue weighted by Gasteiger charge is -2.10. The average molecular weight is 263 g/mol. The molecule has 1 aromatic carbocycles. The van der Waals surface area contributed by atoms with Crippen molar-refractivity contribution < 1.29 is 24.6 Å². The van der Waals surface area contributed by atoms with Crippen molar-refractivity contribution in [3.05, 3.63) is 42.1 Å². The van der Waals surface area contributed by atoms with Gasteiger partial charge >= 0.3 is 0 Å². The maximum Gasteiger partial charge on any atom is 0.184 e. The molecular weight excluding hydrogens is 250 g/mol. The minimum Gasteiger partial charge on any atom is -0.387 e. The predicted molar refractivity (Wildman–Crippen MR) is 63.8 cm³/mol. The highest BCUT2D eigenvalue weighted by Gasteiger charge is 2.44. The van der Waals surface area contributed by atoms with Gasteiger partial charge in [-0.25, -0.2) is 0 Å². The first-order valence-corrected chi connectivity index (χ1v) is 5.88. The molecular formula is C13H13NO5. The van der Waals surface area contributed by atoms with Gasteiger partial charge in [0.1, 0.15) is 24.0 Å². The molecule has 0 spiro atoms. The number of hydrogen-bond acceptors (Lipinski definition) is 6. The van der Waals surface area contributed by atoms with E-state index in [1.54, 1.807) is 6.07 Å². The van der Waals surface area contributed by atoms with Crippen molar-refractivity contribution in [3.8, 4) is 11.3 Å². The van der Waals surface area contributed by atoms with Crippen LogP contribution in [0.2, 0.25) is 0 Å². The van der Waals surface area contributed by atoms with Crippen molar-refractivity contribution >= 4 is 0 Å². The minimum absolute atomic E-state index is 0.335. The van der Waals surface area contributed by atoms with Crippen LogP contribution in [0.3, 0.4) is 0 Å². The molecule has 0 amide bonds. The van der Waals surface area contributed by atoms with E-state index in [4.69, 9.17) is 9.26 Å². The molecule has 6 heteroatoms. The van der Waals surface area contributed by atoms with E-state index in [0.29, 0.717) is 11.5 Å². The summed E-state index contributed by atoms with van der Waals surface area (Å²) in [5, 5.41) is 32.3. The Bertz CT molecular complexity index is 555. The van der Waals surface area contributed by atoms with Crippen LogP contribution in [0.5, 0.6) is 0 Å². The fourth-order valence-electron chi connectivity index (χ4n) is 2.07. The number of nitrogens with zero attached hydrogens (tertiary/aromatic N) is 1. The lowest BCUT2D eigenvalue weighted by Crippen LogP contribution is -2.30. The fraction of sp³-hybridized carbons (Fsp3) is 0.308. The van der Waals surface area contributed by atoms with E-state index < -0.39 is 24.6 Å². The molecule has 0 aliphatic carbocycles. The van der Waals surface area contributed by atoms with Crippen LogP contribution >= 0.6 is 0 Å². The molecule has 19 heavy (non-hydrogen) atoms. The Labute approximate surface area is 108 Å². The predicted octanol–water partition coefficient (Wildman–Crippen LogP) is 0.453. The summed E-state index contributed by atoms with van der Waals surface area (Å²) in [7, 11) is 0. The van der Waals surface area contributed by atoms with E-state index in [2.05, 4.69) is 5.16 Å². The Hall–Kier alpha value is -1.73. The summed E-state index contributed by atoms with van der Waals surface area (Å²) in [6, 6.07) is 11.0. The second kappa shape index (κ2) is 4.75. The zero-order valence-corrected chi connectivity index (χ0v) is 9.88. The molecule has 1 aliphatic rings. The quantitative estimate of drug-likeness (QED) is 0.728. The Morgan fingerprint density at radius 1 is 1.00 bits per heavy atom. The van der Waals surface area contributed by atoms with Gasteiger partial charge in [-0.1, -0.05) is 35.5 Å². The smallest absolute Gasteiger partial charge is 0.184 e. The highest BCUT2D eigenvalue weighted by molar-refractivity contribution is 5.57. The van der Waals surface area contributed by atoms with Gasteiger partial charge < -0.3 is 24.6 Å². The molecule has 0 radical (unpaired) electrons. The van der Waals surface area contributed by atoms with Gasteiger partial charge in [-0.15, -0.1) is 0 Å². The highest BCUT2D eigenvalue weighted by atomic mass is 16.6. The van der Waals surface area contributed by atoms with Crippen LogP contribution in [0, 0.1) is 0 Å². The van der Waals surface area contributed by atoms with Crippen LogP contribution in [-0.2, 0) is 4.74 Å². The Morgan fingerprint density at radius 2 is 1.74 bits per heavy atom. The first kappa shape index (κ1) is 12.3. The van der Waals surface area contributed by atoms with Gasteiger partial charge in [0.25, 0.3) is 0 Å². The van der Waals surface area contributed by atoms with Crippen molar-refractivity contribution in [2.75, 3.05) is 0 Å². The van der Waals surface area contributed by atoms with Gasteiger partial charge in [0.05, 0.1) is 0 Å². The van der Waals surface area contributed by atoms with E-state index in [9.17, 15) is 15.3 Å². The lowest BCUT2D eigenvalue weighted by molar-refractivity contribution is -0.128. The maximum absolute atomic E-state index is 9.74. The van der Waals surface area contributed by atoms with Gasteiger partial charge in [0.15, 0.2) is 12.1 Å². The van der Waals surface area contributed by atoms with Crippen LogP contribution in [0.4, 0.5) is 0 Å². The average Bonchev–Trinajstić information content (AvgIpc) is 3.01. The summed E-state index contributed by atoms with van der Waals surface area (Å²) < 4.78 is 10.2. The third-order valence-electron chi connectivity index (χ3n) is 3.12. The first-order valence-electron chi connectivity index (χ1n) is 5.88. The number of aliphatic hydroxyl groups excluding tert-OH is 3. The molecule has 100 valence electrons. The Kier molecular flexibility index (Phi) is 3.08. The first-order chi connectivity index (χ1) is 9.16. The van der Waals surface area contributed by atoms with Gasteiger partial charge in [-0.05, 0) is 0 Å². The van der Waals surface area contributed by atoms with E-state index in [1.807, 2.05) is 30.3 Å². The summed E-state index contributed by atoms with van der Waals surface area (Å²) in [5.74, 6) is 0.530. The van der Waals surface area contributed by atoms with Crippen molar-refractivity contribution in [2.24, 2.45) is 0 Å². The van der Waals surface area contributed by atoms with Gasteiger partial charge in [0, 0.05) is 11.6 Å². The van der Waals surface area contributed by atoms with Gasteiger partial charge in [0.2, 0.25) is 0 Å². The molecule has 0 saturated carbocycles. The monoisotopic (exact) mass is 263 g/mol. The summed E-state index contributed by atoms with van der Waals surface area (Å²) in [4.78, 5) is 0. The summed E-state index contributed by atoms with van der Waals surface area (Å²) >= 11 is 0. The molecule has 0 bridgehead atoms. The second-order valence-electron chi connectivity index (χ2n) is 4.41. The van der Waals surface area contributed by atoms with Crippen molar-refractivity contribution in [3.63, 3.8) is 0 Å². The van der Waals surface area contributed by atoms with Crippen molar-refractivity contribution in [2.45, 2.75) is 24.6 Å². The number of ether oxygens (including phenoxy) is 1. The zero-order chi connectivity index (χ0) is 13.4. The molecule has 1 saturated heterocycles. The molecule has 2 heterocycles. The third kappa shape index (κ3) is 2.15. The zero-order valence-electron chi connectivity index (χ0n) is 9.88. The van der Waals surface area contributed by atoms with E-state index >= 15 is 0 Å². The number of aromatic nitrogens is 1. The summed E-state index contributed by atoms with van der Waals surface area (Å²) in [6.07, 6.45) is -4.89. The largest absolute Gasteiger partial charge is 0.387 e. The molecule has 3 rings (SSSR count). The van der Waals surface area contributed by atoms with Crippen LogP contribution in [0.25, 0.3) is 11.3 Å². The molecule has 3 N–H and O–H groups in total. The number of benzene rings is 1. The Balaban J connectivity index is 1.86. The molecule has 1 aliphatic heterocycles. The maximum atomic E-state index is 9.74. The standard InChI is InChI=1S/C13H13NO5/c15-10-11(16)13(17)18-12(10)8-6-9(19-14-8)7-4-2-1-3-5-7/h1-6,10-13,15-17H/t10-,11-,12-,13+/m1/s1. The number of aliphatic hydroxyl groups is 3. The third-order valence-corrected chi connectivity index (χ3v) is 3.12. The Morgan fingerprint density at radius 3 is 2.37 bits per heavy atom. The SMILES string of the molecule is O[C@@H]1[C@@H](O)[C@@H](O)O[C@@H]1c1cc(-c2ccccc2)on1.